The van der Waals surface area contributed by atoms with Gasteiger partial charge >= 0.3 is 6.36 Å². The number of aromatic nitrogens is 1. The molecule has 0 bridgehead atoms. The zero-order valence-corrected chi connectivity index (χ0v) is 10.0. The average molecular weight is 287 g/mol. The van der Waals surface area contributed by atoms with Crippen LogP contribution in [0.15, 0.2) is 30.5 Å². The fourth-order valence-corrected chi connectivity index (χ4v) is 1.75. The molecule has 0 spiro atoms. The van der Waals surface area contributed by atoms with Gasteiger partial charge in [-0.2, -0.15) is 5.26 Å². The van der Waals surface area contributed by atoms with Crippen LogP contribution in [0.4, 0.5) is 13.2 Å². The summed E-state index contributed by atoms with van der Waals surface area (Å²) in [6.07, 6.45) is -3.29. The fraction of sp³-hybridized carbons (Fsp3) is 0.0833. The maximum absolute atomic E-state index is 12.0. The summed E-state index contributed by atoms with van der Waals surface area (Å²) in [5.74, 6) is -0.326. The van der Waals surface area contributed by atoms with Crippen molar-refractivity contribution in [2.45, 2.75) is 6.36 Å². The first-order chi connectivity index (χ1) is 8.90. The van der Waals surface area contributed by atoms with Crippen molar-refractivity contribution in [2.75, 3.05) is 0 Å². The number of nitriles is 1. The van der Waals surface area contributed by atoms with Crippen molar-refractivity contribution in [1.82, 2.24) is 4.98 Å². The Morgan fingerprint density at radius 3 is 2.37 bits per heavy atom. The second-order valence-corrected chi connectivity index (χ2v) is 3.98. The Morgan fingerprint density at radius 1 is 1.21 bits per heavy atom. The standard InChI is InChI=1S/C12H6ClF3N2O/c13-10-6-18-11(9(10)5-17)7-1-3-8(4-2-7)19-12(14,15)16/h1-4,6,18H. The van der Waals surface area contributed by atoms with E-state index in [0.29, 0.717) is 11.3 Å². The van der Waals surface area contributed by atoms with Crippen LogP contribution in [-0.2, 0) is 0 Å². The summed E-state index contributed by atoms with van der Waals surface area (Å²) in [6, 6.07) is 7.07. The van der Waals surface area contributed by atoms with Gasteiger partial charge in [0.15, 0.2) is 0 Å². The van der Waals surface area contributed by atoms with Crippen LogP contribution in [0.5, 0.6) is 5.75 Å². The second-order valence-electron chi connectivity index (χ2n) is 3.57. The van der Waals surface area contributed by atoms with Crippen LogP contribution >= 0.6 is 11.6 Å². The molecule has 0 amide bonds. The first-order valence-electron chi connectivity index (χ1n) is 5.04. The first kappa shape index (κ1) is 13.3. The molecule has 7 heteroatoms. The van der Waals surface area contributed by atoms with Gasteiger partial charge in [-0.15, -0.1) is 13.2 Å². The van der Waals surface area contributed by atoms with Gasteiger partial charge in [0.05, 0.1) is 16.3 Å². The molecule has 1 aromatic carbocycles. The molecular formula is C12H6ClF3N2O. The van der Waals surface area contributed by atoms with Gasteiger partial charge in [0, 0.05) is 6.20 Å². The summed E-state index contributed by atoms with van der Waals surface area (Å²) in [7, 11) is 0. The van der Waals surface area contributed by atoms with Gasteiger partial charge in [-0.25, -0.2) is 0 Å². The maximum atomic E-state index is 12.0. The minimum absolute atomic E-state index is 0.242. The number of benzene rings is 1. The molecule has 0 aliphatic heterocycles. The lowest BCUT2D eigenvalue weighted by Gasteiger charge is -2.09. The van der Waals surface area contributed by atoms with Crippen LogP contribution < -0.4 is 4.74 Å². The third kappa shape index (κ3) is 3.01. The SMILES string of the molecule is N#Cc1c(Cl)c[nH]c1-c1ccc(OC(F)(F)F)cc1. The first-order valence-corrected chi connectivity index (χ1v) is 5.41. The number of ether oxygens (including phenoxy) is 1. The van der Waals surface area contributed by atoms with Gasteiger partial charge in [-0.1, -0.05) is 11.6 Å². The highest BCUT2D eigenvalue weighted by Gasteiger charge is 2.31. The van der Waals surface area contributed by atoms with Gasteiger partial charge in [-0.3, -0.25) is 0 Å². The Bertz CT molecular complexity index is 626. The van der Waals surface area contributed by atoms with Gasteiger partial charge in [-0.05, 0) is 29.8 Å². The Kier molecular flexibility index (Phi) is 3.40. The molecule has 98 valence electrons. The van der Waals surface area contributed by atoms with Gasteiger partial charge in [0.2, 0.25) is 0 Å². The Balaban J connectivity index is 2.31. The highest BCUT2D eigenvalue weighted by Crippen LogP contribution is 2.30. The minimum atomic E-state index is -4.73. The highest BCUT2D eigenvalue weighted by molar-refractivity contribution is 6.32. The van der Waals surface area contributed by atoms with Gasteiger partial charge in [0.1, 0.15) is 11.8 Å². The molecule has 1 heterocycles. The minimum Gasteiger partial charge on any atom is -0.406 e. The lowest BCUT2D eigenvalue weighted by atomic mass is 10.1. The number of hydrogen-bond acceptors (Lipinski definition) is 2. The quantitative estimate of drug-likeness (QED) is 0.903. The monoisotopic (exact) mass is 286 g/mol. The Labute approximate surface area is 111 Å². The predicted molar refractivity (Wildman–Crippen MR) is 62.6 cm³/mol. The van der Waals surface area contributed by atoms with Crippen LogP contribution in [0.3, 0.4) is 0 Å². The van der Waals surface area contributed by atoms with Crippen LogP contribution in [0.25, 0.3) is 11.3 Å². The normalized spacial score (nSPS) is 11.1. The van der Waals surface area contributed by atoms with E-state index in [9.17, 15) is 13.2 Å². The molecule has 0 saturated carbocycles. The molecule has 3 nitrogen and oxygen atoms in total. The molecule has 1 aromatic heterocycles. The van der Waals surface area contributed by atoms with Crippen molar-refractivity contribution in [3.8, 4) is 23.1 Å². The summed E-state index contributed by atoms with van der Waals surface area (Å²) >= 11 is 5.79. The van der Waals surface area contributed by atoms with E-state index < -0.39 is 6.36 Å². The van der Waals surface area contributed by atoms with Crippen LogP contribution in [0, 0.1) is 11.3 Å². The summed E-state index contributed by atoms with van der Waals surface area (Å²) in [5, 5.41) is 9.19. The van der Waals surface area contributed by atoms with Crippen molar-refractivity contribution >= 4 is 11.6 Å². The van der Waals surface area contributed by atoms with Gasteiger partial charge < -0.3 is 9.72 Å². The molecule has 2 rings (SSSR count). The van der Waals surface area contributed by atoms with Crippen molar-refractivity contribution in [3.63, 3.8) is 0 Å². The van der Waals surface area contributed by atoms with E-state index in [-0.39, 0.29) is 16.3 Å². The molecular weight excluding hydrogens is 281 g/mol. The molecule has 19 heavy (non-hydrogen) atoms. The van der Waals surface area contributed by atoms with Crippen LogP contribution in [0.1, 0.15) is 5.56 Å². The fourth-order valence-electron chi connectivity index (χ4n) is 1.56. The molecule has 1 N–H and O–H groups in total. The van der Waals surface area contributed by atoms with Gasteiger partial charge in [0.25, 0.3) is 0 Å². The second kappa shape index (κ2) is 4.86. The van der Waals surface area contributed by atoms with E-state index in [1.807, 2.05) is 6.07 Å². The Hall–Kier alpha value is -2.13. The average Bonchev–Trinajstić information content (AvgIpc) is 2.69. The van der Waals surface area contributed by atoms with E-state index in [1.54, 1.807) is 0 Å². The van der Waals surface area contributed by atoms with E-state index >= 15 is 0 Å². The summed E-state index contributed by atoms with van der Waals surface area (Å²) in [6.45, 7) is 0. The number of alkyl halides is 3. The van der Waals surface area contributed by atoms with Crippen LogP contribution in [-0.4, -0.2) is 11.3 Å². The number of H-pyrrole nitrogens is 1. The maximum Gasteiger partial charge on any atom is 0.573 e. The molecule has 0 unspecified atom stereocenters. The topological polar surface area (TPSA) is 48.8 Å². The highest BCUT2D eigenvalue weighted by atomic mass is 35.5. The molecule has 0 atom stereocenters. The third-order valence-corrected chi connectivity index (χ3v) is 2.62. The molecule has 0 fully saturated rings. The summed E-state index contributed by atoms with van der Waals surface area (Å²) in [5.41, 5.74) is 1.23. The molecule has 0 aliphatic carbocycles. The number of rotatable bonds is 2. The van der Waals surface area contributed by atoms with Crippen molar-refractivity contribution < 1.29 is 17.9 Å². The van der Waals surface area contributed by atoms with E-state index in [0.717, 1.165) is 0 Å². The lowest BCUT2D eigenvalue weighted by molar-refractivity contribution is -0.274. The van der Waals surface area contributed by atoms with Crippen molar-refractivity contribution in [2.24, 2.45) is 0 Å². The van der Waals surface area contributed by atoms with Crippen LogP contribution in [0.2, 0.25) is 5.02 Å². The Morgan fingerprint density at radius 2 is 1.84 bits per heavy atom. The number of nitrogens with zero attached hydrogens (tertiary/aromatic N) is 1. The summed E-state index contributed by atoms with van der Waals surface area (Å²) < 4.78 is 39.7. The smallest absolute Gasteiger partial charge is 0.406 e. The lowest BCUT2D eigenvalue weighted by Crippen LogP contribution is -2.16. The number of hydrogen-bond donors (Lipinski definition) is 1. The van der Waals surface area contributed by atoms with E-state index in [1.165, 1.54) is 30.5 Å². The molecule has 0 saturated heterocycles. The van der Waals surface area contributed by atoms with E-state index in [2.05, 4.69) is 9.72 Å². The summed E-state index contributed by atoms with van der Waals surface area (Å²) in [4.78, 5) is 2.79. The zero-order chi connectivity index (χ0) is 14.0. The zero-order valence-electron chi connectivity index (χ0n) is 9.25. The predicted octanol–water partition coefficient (Wildman–Crippen LogP) is 4.11. The molecule has 2 aromatic rings. The van der Waals surface area contributed by atoms with Crippen molar-refractivity contribution in [3.05, 3.63) is 41.0 Å². The largest absolute Gasteiger partial charge is 0.573 e. The number of aromatic amines is 1. The third-order valence-electron chi connectivity index (χ3n) is 2.32. The number of halogens is 4. The van der Waals surface area contributed by atoms with E-state index in [4.69, 9.17) is 16.9 Å². The molecule has 0 radical (unpaired) electrons. The number of nitrogens with one attached hydrogen (secondary N) is 1. The van der Waals surface area contributed by atoms with Crippen molar-refractivity contribution in [1.29, 1.82) is 5.26 Å². The molecule has 0 aliphatic rings.